The van der Waals surface area contributed by atoms with Crippen LogP contribution in [0.15, 0.2) is 24.3 Å². The van der Waals surface area contributed by atoms with Gasteiger partial charge in [0.2, 0.25) is 0 Å². The fourth-order valence-corrected chi connectivity index (χ4v) is 0.906. The van der Waals surface area contributed by atoms with Crippen LogP contribution < -0.4 is 5.73 Å². The summed E-state index contributed by atoms with van der Waals surface area (Å²) in [5.74, 6) is -1.70. The molecule has 0 atom stereocenters. The number of anilines is 1. The molecule has 5 heteroatoms. The lowest BCUT2D eigenvalue weighted by atomic mass is 10.2. The summed E-state index contributed by atoms with van der Waals surface area (Å²) in [6.45, 7) is 1.84. The van der Waals surface area contributed by atoms with Crippen molar-refractivity contribution >= 4 is 17.6 Å². The predicted octanol–water partition coefficient (Wildman–Crippen LogP) is 1.84. The number of aliphatic carboxylic acids is 1. The SMILES string of the molecule is CCCC(=O)O.Nc1ccccc1C(=O)O. The summed E-state index contributed by atoms with van der Waals surface area (Å²) in [5, 5.41) is 16.4. The highest BCUT2D eigenvalue weighted by Gasteiger charge is 2.03. The van der Waals surface area contributed by atoms with E-state index in [2.05, 4.69) is 0 Å². The zero-order valence-electron chi connectivity index (χ0n) is 9.01. The minimum atomic E-state index is -0.988. The van der Waals surface area contributed by atoms with Crippen molar-refractivity contribution in [3.05, 3.63) is 29.8 Å². The average Bonchev–Trinajstić information content (AvgIpc) is 2.18. The molecule has 1 aromatic rings. The summed E-state index contributed by atoms with van der Waals surface area (Å²) in [7, 11) is 0. The molecule has 0 saturated heterocycles. The number of hydrogen-bond acceptors (Lipinski definition) is 3. The van der Waals surface area contributed by atoms with Crippen LogP contribution in [0.4, 0.5) is 5.69 Å². The van der Waals surface area contributed by atoms with Gasteiger partial charge >= 0.3 is 11.9 Å². The summed E-state index contributed by atoms with van der Waals surface area (Å²) < 4.78 is 0. The molecule has 88 valence electrons. The summed E-state index contributed by atoms with van der Waals surface area (Å²) in [6, 6.07) is 6.36. The molecule has 0 aliphatic carbocycles. The number of carboxylic acid groups (broad SMARTS) is 2. The van der Waals surface area contributed by atoms with Gasteiger partial charge in [-0.05, 0) is 18.6 Å². The molecule has 4 N–H and O–H groups in total. The van der Waals surface area contributed by atoms with Gasteiger partial charge in [-0.3, -0.25) is 4.79 Å². The summed E-state index contributed by atoms with van der Waals surface area (Å²) in [5.41, 5.74) is 5.80. The summed E-state index contributed by atoms with van der Waals surface area (Å²) in [4.78, 5) is 19.9. The number of nitrogen functional groups attached to an aromatic ring is 1. The van der Waals surface area contributed by atoms with Crippen molar-refractivity contribution in [3.8, 4) is 0 Å². The molecular formula is C11H15NO4. The molecule has 0 aromatic heterocycles. The third-order valence-corrected chi connectivity index (χ3v) is 1.66. The van der Waals surface area contributed by atoms with Crippen molar-refractivity contribution < 1.29 is 19.8 Å². The second kappa shape index (κ2) is 7.28. The number of carboxylic acids is 2. The van der Waals surface area contributed by atoms with Gasteiger partial charge < -0.3 is 15.9 Å². The third kappa shape index (κ3) is 5.64. The van der Waals surface area contributed by atoms with E-state index in [-0.39, 0.29) is 5.56 Å². The van der Waals surface area contributed by atoms with Crippen LogP contribution in [0.1, 0.15) is 30.1 Å². The number of benzene rings is 1. The molecule has 1 rings (SSSR count). The molecule has 1 aromatic carbocycles. The Balaban J connectivity index is 0.000000325. The highest BCUT2D eigenvalue weighted by atomic mass is 16.4. The number of nitrogens with two attached hydrogens (primary N) is 1. The third-order valence-electron chi connectivity index (χ3n) is 1.66. The van der Waals surface area contributed by atoms with Crippen molar-refractivity contribution in [2.75, 3.05) is 5.73 Å². The monoisotopic (exact) mass is 225 g/mol. The van der Waals surface area contributed by atoms with Crippen LogP contribution in [0.3, 0.4) is 0 Å². The van der Waals surface area contributed by atoms with Crippen molar-refractivity contribution in [2.45, 2.75) is 19.8 Å². The lowest BCUT2D eigenvalue weighted by Crippen LogP contribution is -2.00. The standard InChI is InChI=1S/C7H7NO2.C4H8O2/c8-6-4-2-1-3-5(6)7(9)10;1-2-3-4(5)6/h1-4H,8H2,(H,9,10);2-3H2,1H3,(H,5,6). The first-order valence-corrected chi connectivity index (χ1v) is 4.78. The minimum Gasteiger partial charge on any atom is -0.481 e. The maximum atomic E-state index is 10.3. The minimum absolute atomic E-state index is 0.155. The number of para-hydroxylation sites is 1. The largest absolute Gasteiger partial charge is 0.481 e. The molecule has 0 fully saturated rings. The normalized spacial score (nSPS) is 8.81. The molecule has 16 heavy (non-hydrogen) atoms. The molecule has 0 unspecified atom stereocenters. The van der Waals surface area contributed by atoms with Crippen LogP contribution in [-0.2, 0) is 4.79 Å². The smallest absolute Gasteiger partial charge is 0.337 e. The van der Waals surface area contributed by atoms with Crippen LogP contribution in [0, 0.1) is 0 Å². The molecule has 0 spiro atoms. The molecule has 0 heterocycles. The van der Waals surface area contributed by atoms with Crippen molar-refractivity contribution in [2.24, 2.45) is 0 Å². The van der Waals surface area contributed by atoms with Gasteiger partial charge in [0.05, 0.1) is 5.56 Å². The maximum absolute atomic E-state index is 10.3. The second-order valence-electron chi connectivity index (χ2n) is 3.04. The Bertz CT molecular complexity index is 363. The van der Waals surface area contributed by atoms with Gasteiger partial charge in [0.1, 0.15) is 0 Å². The van der Waals surface area contributed by atoms with Gasteiger partial charge in [0, 0.05) is 12.1 Å². The Labute approximate surface area is 93.5 Å². The number of rotatable bonds is 3. The number of aromatic carboxylic acids is 1. The van der Waals surface area contributed by atoms with Crippen LogP contribution in [0.5, 0.6) is 0 Å². The molecule has 0 bridgehead atoms. The van der Waals surface area contributed by atoms with Crippen LogP contribution in [0.25, 0.3) is 0 Å². The van der Waals surface area contributed by atoms with Crippen LogP contribution in [0.2, 0.25) is 0 Å². The first-order chi connectivity index (χ1) is 7.49. The van der Waals surface area contributed by atoms with E-state index in [1.54, 1.807) is 18.2 Å². The van der Waals surface area contributed by atoms with E-state index in [0.717, 1.165) is 6.42 Å². The topological polar surface area (TPSA) is 101 Å². The van der Waals surface area contributed by atoms with Gasteiger partial charge in [0.15, 0.2) is 0 Å². The molecule has 0 saturated carbocycles. The lowest BCUT2D eigenvalue weighted by Gasteiger charge is -1.96. The molecule has 0 aliphatic heterocycles. The lowest BCUT2D eigenvalue weighted by molar-refractivity contribution is -0.137. The van der Waals surface area contributed by atoms with E-state index in [0.29, 0.717) is 12.1 Å². The quantitative estimate of drug-likeness (QED) is 0.681. The molecule has 0 amide bonds. The molecular weight excluding hydrogens is 210 g/mol. The highest BCUT2D eigenvalue weighted by Crippen LogP contribution is 2.08. The fourth-order valence-electron chi connectivity index (χ4n) is 0.906. The highest BCUT2D eigenvalue weighted by molar-refractivity contribution is 5.93. The summed E-state index contributed by atoms with van der Waals surface area (Å²) in [6.07, 6.45) is 1.02. The first-order valence-electron chi connectivity index (χ1n) is 4.78. The van der Waals surface area contributed by atoms with E-state index in [1.165, 1.54) is 6.07 Å². The van der Waals surface area contributed by atoms with E-state index in [1.807, 2.05) is 6.92 Å². The molecule has 0 radical (unpaired) electrons. The van der Waals surface area contributed by atoms with E-state index in [9.17, 15) is 9.59 Å². The Morgan fingerprint density at radius 1 is 1.25 bits per heavy atom. The van der Waals surface area contributed by atoms with Gasteiger partial charge in [-0.2, -0.15) is 0 Å². The van der Waals surface area contributed by atoms with Gasteiger partial charge in [-0.1, -0.05) is 19.1 Å². The van der Waals surface area contributed by atoms with E-state index < -0.39 is 11.9 Å². The molecule has 0 aliphatic rings. The Morgan fingerprint density at radius 3 is 2.06 bits per heavy atom. The summed E-state index contributed by atoms with van der Waals surface area (Å²) >= 11 is 0. The van der Waals surface area contributed by atoms with Crippen molar-refractivity contribution in [1.82, 2.24) is 0 Å². The number of carbonyl (C=O) groups is 2. The Kier molecular flexibility index (Phi) is 6.35. The van der Waals surface area contributed by atoms with Gasteiger partial charge in [0.25, 0.3) is 0 Å². The van der Waals surface area contributed by atoms with Gasteiger partial charge in [-0.25, -0.2) is 4.79 Å². The zero-order chi connectivity index (χ0) is 12.6. The average molecular weight is 225 g/mol. The second-order valence-corrected chi connectivity index (χ2v) is 3.04. The predicted molar refractivity (Wildman–Crippen MR) is 60.4 cm³/mol. The zero-order valence-corrected chi connectivity index (χ0v) is 9.01. The van der Waals surface area contributed by atoms with Crippen LogP contribution >= 0.6 is 0 Å². The number of hydrogen-bond donors (Lipinski definition) is 3. The Morgan fingerprint density at radius 2 is 1.81 bits per heavy atom. The van der Waals surface area contributed by atoms with E-state index >= 15 is 0 Å². The van der Waals surface area contributed by atoms with Crippen LogP contribution in [-0.4, -0.2) is 22.2 Å². The fraction of sp³-hybridized carbons (Fsp3) is 0.273. The Hall–Kier alpha value is -2.04. The maximum Gasteiger partial charge on any atom is 0.337 e. The van der Waals surface area contributed by atoms with Crippen molar-refractivity contribution in [3.63, 3.8) is 0 Å². The van der Waals surface area contributed by atoms with E-state index in [4.69, 9.17) is 15.9 Å². The molecule has 5 nitrogen and oxygen atoms in total. The first kappa shape index (κ1) is 14.0. The van der Waals surface area contributed by atoms with Gasteiger partial charge in [-0.15, -0.1) is 0 Å². The van der Waals surface area contributed by atoms with Crippen molar-refractivity contribution in [1.29, 1.82) is 0 Å².